The molecule has 30 heavy (non-hydrogen) atoms. The Kier molecular flexibility index (Phi) is 8.85. The highest BCUT2D eigenvalue weighted by molar-refractivity contribution is 5.76. The van der Waals surface area contributed by atoms with E-state index in [0.29, 0.717) is 6.42 Å². The highest BCUT2D eigenvalue weighted by Crippen LogP contribution is 2.39. The van der Waals surface area contributed by atoms with Crippen molar-refractivity contribution in [3.05, 3.63) is 12.2 Å². The van der Waals surface area contributed by atoms with Gasteiger partial charge in [-0.2, -0.15) is 0 Å². The second kappa shape index (κ2) is 10.5. The number of carbonyl (C=O) groups excluding carboxylic acids is 1. The number of rotatable bonds is 8. The average Bonchev–Trinajstić information content (AvgIpc) is 2.67. The molecule has 2 saturated heterocycles. The fourth-order valence-electron chi connectivity index (χ4n) is 4.18. The Hall–Kier alpha value is -1.03. The van der Waals surface area contributed by atoms with Crippen LogP contribution in [0.2, 0.25) is 0 Å². The van der Waals surface area contributed by atoms with Crippen molar-refractivity contribution >= 4 is 5.91 Å². The molecule has 0 spiro atoms. The van der Waals surface area contributed by atoms with Crippen molar-refractivity contribution < 1.29 is 34.3 Å². The molecule has 4 N–H and O–H groups in total. The summed E-state index contributed by atoms with van der Waals surface area (Å²) in [6, 6.07) is 0. The lowest BCUT2D eigenvalue weighted by atomic mass is 9.74. The summed E-state index contributed by atoms with van der Waals surface area (Å²) < 4.78 is 17.5. The van der Waals surface area contributed by atoms with Gasteiger partial charge in [0, 0.05) is 31.3 Å². The number of methoxy groups -OCH3 is 1. The molecule has 0 aromatic heterocycles. The molecule has 8 heteroatoms. The van der Waals surface area contributed by atoms with Gasteiger partial charge in [-0.05, 0) is 13.3 Å². The van der Waals surface area contributed by atoms with Crippen LogP contribution in [-0.4, -0.2) is 77.8 Å². The van der Waals surface area contributed by atoms with Crippen LogP contribution in [0.5, 0.6) is 0 Å². The topological polar surface area (TPSA) is 117 Å². The Morgan fingerprint density at radius 3 is 2.60 bits per heavy atom. The molecule has 2 fully saturated rings. The maximum Gasteiger partial charge on any atom is 0.224 e. The Balaban J connectivity index is 1.99. The number of carbonyl (C=O) groups is 1. The van der Waals surface area contributed by atoms with E-state index >= 15 is 0 Å². The van der Waals surface area contributed by atoms with Crippen LogP contribution in [0.3, 0.4) is 0 Å². The summed E-state index contributed by atoms with van der Waals surface area (Å²) in [6.45, 7) is 11.5. The molecule has 2 aliphatic heterocycles. The van der Waals surface area contributed by atoms with Crippen molar-refractivity contribution in [2.75, 3.05) is 13.7 Å². The van der Waals surface area contributed by atoms with Gasteiger partial charge in [-0.25, -0.2) is 0 Å². The lowest BCUT2D eigenvalue weighted by Crippen LogP contribution is -2.57. The highest BCUT2D eigenvalue weighted by atomic mass is 16.6. The predicted molar refractivity (Wildman–Crippen MR) is 112 cm³/mol. The Labute approximate surface area is 179 Å². The van der Waals surface area contributed by atoms with E-state index in [1.165, 1.54) is 7.11 Å². The van der Waals surface area contributed by atoms with Crippen LogP contribution in [0.4, 0.5) is 0 Å². The molecule has 2 aliphatic rings. The quantitative estimate of drug-likeness (QED) is 0.337. The maximum atomic E-state index is 12.6. The van der Waals surface area contributed by atoms with Gasteiger partial charge in [0.15, 0.2) is 6.23 Å². The average molecular weight is 430 g/mol. The molecule has 2 heterocycles. The van der Waals surface area contributed by atoms with Crippen LogP contribution >= 0.6 is 0 Å². The Morgan fingerprint density at radius 1 is 1.37 bits per heavy atom. The molecule has 8 unspecified atom stereocenters. The number of amides is 1. The molecule has 0 radical (unpaired) electrons. The largest absolute Gasteiger partial charge is 0.394 e. The maximum absolute atomic E-state index is 12.6. The molecule has 0 saturated carbocycles. The van der Waals surface area contributed by atoms with Gasteiger partial charge in [0.2, 0.25) is 5.91 Å². The van der Waals surface area contributed by atoms with Gasteiger partial charge >= 0.3 is 0 Å². The van der Waals surface area contributed by atoms with Crippen LogP contribution in [0.1, 0.15) is 53.4 Å². The van der Waals surface area contributed by atoms with E-state index in [-0.39, 0.29) is 49.9 Å². The third kappa shape index (κ3) is 6.02. The molecule has 0 bridgehead atoms. The summed E-state index contributed by atoms with van der Waals surface area (Å²) in [7, 11) is 1.47. The number of aliphatic hydroxyl groups excluding tert-OH is 3. The van der Waals surface area contributed by atoms with E-state index in [0.717, 1.165) is 5.57 Å². The number of hydrogen-bond donors (Lipinski definition) is 4. The summed E-state index contributed by atoms with van der Waals surface area (Å²) in [5, 5.41) is 32.6. The third-order valence-corrected chi connectivity index (χ3v) is 6.73. The van der Waals surface area contributed by atoms with Crippen molar-refractivity contribution in [2.24, 2.45) is 11.3 Å². The summed E-state index contributed by atoms with van der Waals surface area (Å²) >= 11 is 0. The summed E-state index contributed by atoms with van der Waals surface area (Å²) in [5.41, 5.74) is 0.471. The van der Waals surface area contributed by atoms with Gasteiger partial charge in [0.05, 0.1) is 43.5 Å². The zero-order chi connectivity index (χ0) is 22.6. The first-order valence-electron chi connectivity index (χ1n) is 10.8. The van der Waals surface area contributed by atoms with Crippen molar-refractivity contribution in [3.63, 3.8) is 0 Å². The second-order valence-electron chi connectivity index (χ2n) is 9.35. The smallest absolute Gasteiger partial charge is 0.224 e. The number of hydrogen-bond acceptors (Lipinski definition) is 7. The summed E-state index contributed by atoms with van der Waals surface area (Å²) in [6.07, 6.45) is -2.43. The number of nitrogens with one attached hydrogen (secondary N) is 1. The Bertz CT molecular complexity index is 596. The first kappa shape index (κ1) is 25.2. The molecule has 0 aromatic carbocycles. The monoisotopic (exact) mass is 429 g/mol. The second-order valence-corrected chi connectivity index (χ2v) is 9.35. The van der Waals surface area contributed by atoms with E-state index in [1.807, 2.05) is 20.8 Å². The van der Waals surface area contributed by atoms with Crippen molar-refractivity contribution in [1.82, 2.24) is 5.32 Å². The number of aliphatic hydroxyl groups is 3. The van der Waals surface area contributed by atoms with Gasteiger partial charge in [-0.15, -0.1) is 0 Å². The lowest BCUT2D eigenvalue weighted by Gasteiger charge is -2.47. The van der Waals surface area contributed by atoms with E-state index in [9.17, 15) is 20.1 Å². The summed E-state index contributed by atoms with van der Waals surface area (Å²) in [5.74, 6) is 0.0407. The standard InChI is InChI=1S/C22H39NO7/c1-12-7-16(29-14(3)13(12)2)9-20(27)23-21(28-6)17-10-18(26)22(4,5)19(30-17)8-15(25)11-24/h13-19,21,24-26H,1,7-11H2,2-6H3,(H,23,27). The minimum Gasteiger partial charge on any atom is -0.394 e. The SMILES string of the molecule is C=C1CC(CC(=O)NC(OC)C2CC(O)C(C)(C)C(CC(O)CO)O2)OC(C)C1C. The van der Waals surface area contributed by atoms with E-state index in [1.54, 1.807) is 0 Å². The molecule has 0 aliphatic carbocycles. The molecule has 8 nitrogen and oxygen atoms in total. The lowest BCUT2D eigenvalue weighted by molar-refractivity contribution is -0.215. The highest BCUT2D eigenvalue weighted by Gasteiger charge is 2.47. The Morgan fingerprint density at radius 2 is 2.03 bits per heavy atom. The summed E-state index contributed by atoms with van der Waals surface area (Å²) in [4.78, 5) is 12.6. The van der Waals surface area contributed by atoms with Crippen LogP contribution in [0, 0.1) is 11.3 Å². The van der Waals surface area contributed by atoms with E-state index in [2.05, 4.69) is 18.8 Å². The van der Waals surface area contributed by atoms with Crippen molar-refractivity contribution in [2.45, 2.75) is 96.2 Å². The normalized spacial score (nSPS) is 36.2. The van der Waals surface area contributed by atoms with Gasteiger partial charge in [0.1, 0.15) is 6.10 Å². The first-order valence-corrected chi connectivity index (χ1v) is 10.8. The minimum absolute atomic E-state index is 0.0139. The molecule has 0 aromatic rings. The van der Waals surface area contributed by atoms with Gasteiger partial charge in [-0.3, -0.25) is 4.79 Å². The minimum atomic E-state index is -0.947. The van der Waals surface area contributed by atoms with Crippen molar-refractivity contribution in [3.8, 4) is 0 Å². The third-order valence-electron chi connectivity index (χ3n) is 6.73. The molecule has 8 atom stereocenters. The molecular weight excluding hydrogens is 390 g/mol. The van der Waals surface area contributed by atoms with Gasteiger partial charge in [0.25, 0.3) is 0 Å². The van der Waals surface area contributed by atoms with Crippen LogP contribution in [0.25, 0.3) is 0 Å². The van der Waals surface area contributed by atoms with Crippen LogP contribution in [0.15, 0.2) is 12.2 Å². The van der Waals surface area contributed by atoms with Gasteiger partial charge < -0.3 is 34.8 Å². The fraction of sp³-hybridized carbons (Fsp3) is 0.864. The van der Waals surface area contributed by atoms with Crippen LogP contribution < -0.4 is 5.32 Å². The zero-order valence-corrected chi connectivity index (χ0v) is 18.8. The van der Waals surface area contributed by atoms with Gasteiger partial charge in [-0.1, -0.05) is 32.9 Å². The zero-order valence-electron chi connectivity index (χ0n) is 18.8. The molecule has 1 amide bonds. The molecular formula is C22H39NO7. The number of ether oxygens (including phenoxy) is 3. The first-order chi connectivity index (χ1) is 14.0. The predicted octanol–water partition coefficient (Wildman–Crippen LogP) is 1.12. The van der Waals surface area contributed by atoms with Crippen LogP contribution in [-0.2, 0) is 19.0 Å². The molecule has 174 valence electrons. The van der Waals surface area contributed by atoms with E-state index in [4.69, 9.17) is 14.2 Å². The van der Waals surface area contributed by atoms with E-state index < -0.39 is 36.1 Å². The fourth-order valence-corrected chi connectivity index (χ4v) is 4.18. The van der Waals surface area contributed by atoms with Crippen molar-refractivity contribution in [1.29, 1.82) is 0 Å². The molecule has 2 rings (SSSR count).